The first-order chi connectivity index (χ1) is 9.65. The Bertz CT molecular complexity index is 792. The van der Waals surface area contributed by atoms with Crippen LogP contribution in [0.25, 0.3) is 11.0 Å². The molecule has 3 rings (SSSR count). The predicted molar refractivity (Wildman–Crippen MR) is 79.2 cm³/mol. The van der Waals surface area contributed by atoms with Crippen LogP contribution in [0.4, 0.5) is 15.8 Å². The van der Waals surface area contributed by atoms with Gasteiger partial charge in [0.2, 0.25) is 0 Å². The lowest BCUT2D eigenvalue weighted by molar-refractivity contribution is 0.632. The molecule has 20 heavy (non-hydrogen) atoms. The van der Waals surface area contributed by atoms with Crippen molar-refractivity contribution in [2.75, 3.05) is 5.32 Å². The molecule has 0 radical (unpaired) electrons. The lowest BCUT2D eigenvalue weighted by atomic mass is 10.2. The Morgan fingerprint density at radius 2 is 1.85 bits per heavy atom. The summed E-state index contributed by atoms with van der Waals surface area (Å²) in [6.07, 6.45) is 1.61. The van der Waals surface area contributed by atoms with Gasteiger partial charge in [-0.15, -0.1) is 0 Å². The van der Waals surface area contributed by atoms with Crippen LogP contribution in [0.15, 0.2) is 42.6 Å². The summed E-state index contributed by atoms with van der Waals surface area (Å²) in [4.78, 5) is 8.39. The average Bonchev–Trinajstić information content (AvgIpc) is 2.44. The average molecular weight is 308 g/mol. The molecule has 0 amide bonds. The highest BCUT2D eigenvalue weighted by atomic mass is 35.5. The number of pyridine rings is 2. The Morgan fingerprint density at radius 1 is 1.00 bits per heavy atom. The quantitative estimate of drug-likeness (QED) is 0.690. The molecule has 0 aliphatic heterocycles. The van der Waals surface area contributed by atoms with E-state index in [1.165, 1.54) is 6.07 Å². The largest absolute Gasteiger partial charge is 0.351 e. The molecule has 1 N–H and O–H groups in total. The van der Waals surface area contributed by atoms with Gasteiger partial charge in [0.15, 0.2) is 5.82 Å². The van der Waals surface area contributed by atoms with E-state index in [0.29, 0.717) is 21.9 Å². The Kier molecular flexibility index (Phi) is 3.42. The first kappa shape index (κ1) is 13.1. The van der Waals surface area contributed by atoms with Gasteiger partial charge in [0, 0.05) is 6.20 Å². The Labute approximate surface area is 124 Å². The monoisotopic (exact) mass is 307 g/mol. The zero-order chi connectivity index (χ0) is 14.1. The van der Waals surface area contributed by atoms with Gasteiger partial charge < -0.3 is 5.32 Å². The fraction of sp³-hybridized carbons (Fsp3) is 0. The molecule has 0 saturated carbocycles. The molecule has 0 spiro atoms. The first-order valence-electron chi connectivity index (χ1n) is 5.77. The van der Waals surface area contributed by atoms with Crippen LogP contribution >= 0.6 is 23.2 Å². The van der Waals surface area contributed by atoms with Gasteiger partial charge in [-0.25, -0.2) is 9.37 Å². The summed E-state index contributed by atoms with van der Waals surface area (Å²) < 4.78 is 13.9. The smallest absolute Gasteiger partial charge is 0.165 e. The summed E-state index contributed by atoms with van der Waals surface area (Å²) in [6.45, 7) is 0. The van der Waals surface area contributed by atoms with E-state index >= 15 is 0 Å². The minimum Gasteiger partial charge on any atom is -0.351 e. The second kappa shape index (κ2) is 5.23. The van der Waals surface area contributed by atoms with E-state index in [-0.39, 0.29) is 10.7 Å². The predicted octanol–water partition coefficient (Wildman–Crippen LogP) is 4.82. The van der Waals surface area contributed by atoms with Gasteiger partial charge in [-0.05, 0) is 30.3 Å². The van der Waals surface area contributed by atoms with E-state index in [0.717, 1.165) is 0 Å². The van der Waals surface area contributed by atoms with E-state index in [1.54, 1.807) is 36.5 Å². The number of benzene rings is 1. The Hall–Kier alpha value is -1.91. The van der Waals surface area contributed by atoms with Gasteiger partial charge in [0.05, 0.1) is 21.9 Å². The number of hydrogen-bond acceptors (Lipinski definition) is 3. The van der Waals surface area contributed by atoms with Crippen LogP contribution in [-0.2, 0) is 0 Å². The highest BCUT2D eigenvalue weighted by Crippen LogP contribution is 2.28. The lowest BCUT2D eigenvalue weighted by Crippen LogP contribution is -1.97. The molecule has 0 fully saturated rings. The minimum absolute atomic E-state index is 0.0550. The van der Waals surface area contributed by atoms with Crippen LogP contribution in [0.1, 0.15) is 0 Å². The summed E-state index contributed by atoms with van der Waals surface area (Å²) in [6, 6.07) is 9.86. The maximum Gasteiger partial charge on any atom is 0.165 e. The van der Waals surface area contributed by atoms with E-state index in [1.807, 2.05) is 0 Å². The fourth-order valence-corrected chi connectivity index (χ4v) is 2.17. The molecule has 0 aliphatic rings. The van der Waals surface area contributed by atoms with Gasteiger partial charge in [-0.2, -0.15) is 0 Å². The summed E-state index contributed by atoms with van der Waals surface area (Å²) in [5.74, 6) is -0.513. The van der Waals surface area contributed by atoms with Gasteiger partial charge in [0.1, 0.15) is 10.7 Å². The molecule has 0 atom stereocenters. The number of aromatic nitrogens is 2. The van der Waals surface area contributed by atoms with Crippen molar-refractivity contribution in [1.82, 2.24) is 9.97 Å². The second-order valence-electron chi connectivity index (χ2n) is 4.09. The van der Waals surface area contributed by atoms with Gasteiger partial charge in [0.25, 0.3) is 0 Å². The number of fused-ring (bicyclic) bond motifs is 1. The normalized spacial score (nSPS) is 10.8. The van der Waals surface area contributed by atoms with E-state index < -0.39 is 5.82 Å². The van der Waals surface area contributed by atoms with E-state index in [9.17, 15) is 4.39 Å². The number of anilines is 2. The highest BCUT2D eigenvalue weighted by Gasteiger charge is 2.09. The van der Waals surface area contributed by atoms with E-state index in [4.69, 9.17) is 23.2 Å². The van der Waals surface area contributed by atoms with Crippen LogP contribution in [0.5, 0.6) is 0 Å². The zero-order valence-electron chi connectivity index (χ0n) is 10.1. The van der Waals surface area contributed by atoms with Crippen LogP contribution in [-0.4, -0.2) is 9.97 Å². The molecular formula is C14H8Cl2FN3. The highest BCUT2D eigenvalue weighted by molar-refractivity contribution is 6.31. The SMILES string of the molecule is Fc1c(Cl)cccc1Nc1ccnc2ccc(Cl)nc12. The molecule has 0 unspecified atom stereocenters. The van der Waals surface area contributed by atoms with Crippen molar-refractivity contribution in [3.63, 3.8) is 0 Å². The first-order valence-corrected chi connectivity index (χ1v) is 6.53. The van der Waals surface area contributed by atoms with E-state index in [2.05, 4.69) is 15.3 Å². The molecule has 0 aliphatic carbocycles. The van der Waals surface area contributed by atoms with Crippen molar-refractivity contribution in [1.29, 1.82) is 0 Å². The van der Waals surface area contributed by atoms with Gasteiger partial charge in [-0.3, -0.25) is 4.98 Å². The number of nitrogens with zero attached hydrogens (tertiary/aromatic N) is 2. The van der Waals surface area contributed by atoms with Crippen molar-refractivity contribution < 1.29 is 4.39 Å². The maximum atomic E-state index is 13.9. The number of hydrogen-bond donors (Lipinski definition) is 1. The Balaban J connectivity index is 2.11. The van der Waals surface area contributed by atoms with Crippen LogP contribution in [0.3, 0.4) is 0 Å². The second-order valence-corrected chi connectivity index (χ2v) is 4.88. The molecule has 6 heteroatoms. The molecule has 0 bridgehead atoms. The summed E-state index contributed by atoms with van der Waals surface area (Å²) >= 11 is 11.6. The number of nitrogens with one attached hydrogen (secondary N) is 1. The molecule has 3 nitrogen and oxygen atoms in total. The molecule has 3 aromatic rings. The summed E-state index contributed by atoms with van der Waals surface area (Å²) in [5.41, 5.74) is 2.12. The standard InChI is InChI=1S/C14H8Cl2FN3/c15-8-2-1-3-9(13(8)17)19-11-6-7-18-10-4-5-12(16)20-14(10)11/h1-7H,(H,18,19). The lowest BCUT2D eigenvalue weighted by Gasteiger charge is -2.10. The third kappa shape index (κ3) is 2.40. The molecule has 1 aromatic carbocycles. The maximum absolute atomic E-state index is 13.9. The van der Waals surface area contributed by atoms with Crippen LogP contribution in [0.2, 0.25) is 10.2 Å². The van der Waals surface area contributed by atoms with Gasteiger partial charge in [-0.1, -0.05) is 29.3 Å². The molecule has 0 saturated heterocycles. The third-order valence-electron chi connectivity index (χ3n) is 2.77. The Morgan fingerprint density at radius 3 is 2.70 bits per heavy atom. The third-order valence-corrected chi connectivity index (χ3v) is 3.27. The summed E-state index contributed by atoms with van der Waals surface area (Å²) in [7, 11) is 0. The van der Waals surface area contributed by atoms with Crippen LogP contribution < -0.4 is 5.32 Å². The van der Waals surface area contributed by atoms with Crippen molar-refractivity contribution in [3.8, 4) is 0 Å². The van der Waals surface area contributed by atoms with Crippen molar-refractivity contribution in [2.45, 2.75) is 0 Å². The molecule has 2 heterocycles. The van der Waals surface area contributed by atoms with Crippen LogP contribution in [0, 0.1) is 5.82 Å². The van der Waals surface area contributed by atoms with Crippen molar-refractivity contribution in [2.24, 2.45) is 0 Å². The molecule has 2 aromatic heterocycles. The molecular weight excluding hydrogens is 300 g/mol. The van der Waals surface area contributed by atoms with Gasteiger partial charge >= 0.3 is 0 Å². The van der Waals surface area contributed by atoms with Crippen molar-refractivity contribution >= 4 is 45.6 Å². The number of halogens is 3. The number of rotatable bonds is 2. The topological polar surface area (TPSA) is 37.8 Å². The van der Waals surface area contributed by atoms with Crippen molar-refractivity contribution in [3.05, 3.63) is 58.6 Å². The molecule has 100 valence electrons. The zero-order valence-corrected chi connectivity index (χ0v) is 11.6. The fourth-order valence-electron chi connectivity index (χ4n) is 1.85. The summed E-state index contributed by atoms with van der Waals surface area (Å²) in [5, 5.41) is 3.36. The minimum atomic E-state index is -0.513.